The van der Waals surface area contributed by atoms with Gasteiger partial charge in [0.25, 0.3) is 0 Å². The van der Waals surface area contributed by atoms with Crippen LogP contribution in [0.5, 0.6) is 11.6 Å². The van der Waals surface area contributed by atoms with Gasteiger partial charge in [0.1, 0.15) is 12.4 Å². The molecule has 1 aliphatic rings. The molecule has 0 amide bonds. The van der Waals surface area contributed by atoms with E-state index < -0.39 is 0 Å². The molecule has 0 unspecified atom stereocenters. The lowest BCUT2D eigenvalue weighted by Crippen LogP contribution is -2.17. The quantitative estimate of drug-likeness (QED) is 0.786. The highest BCUT2D eigenvalue weighted by molar-refractivity contribution is 5.71. The van der Waals surface area contributed by atoms with E-state index in [9.17, 15) is 0 Å². The van der Waals surface area contributed by atoms with Crippen LogP contribution in [0.15, 0.2) is 36.5 Å². The normalized spacial score (nSPS) is 13.4. The van der Waals surface area contributed by atoms with Gasteiger partial charge in [-0.3, -0.25) is 0 Å². The Bertz CT molecular complexity index is 538. The molecular weight excluding hydrogens is 216 g/mol. The minimum Gasteiger partial charge on any atom is -0.493 e. The Balaban J connectivity index is 2.01. The molecule has 1 aromatic carbocycles. The predicted molar refractivity (Wildman–Crippen MR) is 65.3 cm³/mol. The van der Waals surface area contributed by atoms with Gasteiger partial charge < -0.3 is 15.2 Å². The van der Waals surface area contributed by atoms with Gasteiger partial charge in [0.2, 0.25) is 5.88 Å². The van der Waals surface area contributed by atoms with E-state index >= 15 is 0 Å². The Morgan fingerprint density at radius 2 is 2.06 bits per heavy atom. The van der Waals surface area contributed by atoms with Gasteiger partial charge in [-0.1, -0.05) is 6.07 Å². The first-order chi connectivity index (χ1) is 8.33. The van der Waals surface area contributed by atoms with Crippen LogP contribution < -0.4 is 10.1 Å². The molecule has 1 aromatic heterocycles. The largest absolute Gasteiger partial charge is 0.493 e. The molecule has 86 valence electrons. The van der Waals surface area contributed by atoms with Crippen LogP contribution in [0.25, 0.3) is 11.1 Å². The Hall–Kier alpha value is -2.23. The summed E-state index contributed by atoms with van der Waals surface area (Å²) in [6.07, 6.45) is 1.65. The third-order valence-electron chi connectivity index (χ3n) is 2.74. The standard InChI is InChI=1S/C13H12N2O2/c16-13-4-2-10(8-15-13)9-1-3-11-12(7-9)17-6-5-14-11/h1-4,7-8,14H,5-6H2,(H,15,16). The molecule has 0 saturated heterocycles. The molecule has 0 atom stereocenters. The van der Waals surface area contributed by atoms with Crippen molar-refractivity contribution in [3.8, 4) is 22.8 Å². The van der Waals surface area contributed by atoms with Crippen molar-refractivity contribution in [1.82, 2.24) is 4.98 Å². The molecule has 2 aromatic rings. The number of aromatic hydroxyl groups is 1. The summed E-state index contributed by atoms with van der Waals surface area (Å²) >= 11 is 0. The summed E-state index contributed by atoms with van der Waals surface area (Å²) < 4.78 is 5.58. The molecule has 0 radical (unpaired) electrons. The number of rotatable bonds is 1. The average Bonchev–Trinajstić information content (AvgIpc) is 2.39. The highest BCUT2D eigenvalue weighted by atomic mass is 16.5. The molecule has 0 spiro atoms. The first-order valence-electron chi connectivity index (χ1n) is 5.49. The van der Waals surface area contributed by atoms with E-state index in [1.165, 1.54) is 0 Å². The maximum absolute atomic E-state index is 9.15. The van der Waals surface area contributed by atoms with Gasteiger partial charge in [0.05, 0.1) is 5.69 Å². The Morgan fingerprint density at radius 3 is 2.88 bits per heavy atom. The lowest BCUT2D eigenvalue weighted by molar-refractivity contribution is 0.323. The fraction of sp³-hybridized carbons (Fsp3) is 0.154. The second-order valence-corrected chi connectivity index (χ2v) is 3.89. The molecule has 0 aliphatic carbocycles. The number of hydrogen-bond acceptors (Lipinski definition) is 4. The van der Waals surface area contributed by atoms with Gasteiger partial charge in [0.15, 0.2) is 0 Å². The van der Waals surface area contributed by atoms with E-state index in [2.05, 4.69) is 10.3 Å². The molecule has 17 heavy (non-hydrogen) atoms. The van der Waals surface area contributed by atoms with Crippen molar-refractivity contribution in [1.29, 1.82) is 0 Å². The van der Waals surface area contributed by atoms with E-state index in [1.54, 1.807) is 12.3 Å². The fourth-order valence-corrected chi connectivity index (χ4v) is 1.87. The highest BCUT2D eigenvalue weighted by Crippen LogP contribution is 2.32. The number of nitrogens with zero attached hydrogens (tertiary/aromatic N) is 1. The molecule has 3 rings (SSSR count). The van der Waals surface area contributed by atoms with Crippen LogP contribution in [0, 0.1) is 0 Å². The van der Waals surface area contributed by atoms with Crippen molar-refractivity contribution in [3.63, 3.8) is 0 Å². The maximum Gasteiger partial charge on any atom is 0.210 e. The molecule has 1 aliphatic heterocycles. The molecule has 2 N–H and O–H groups in total. The van der Waals surface area contributed by atoms with E-state index in [-0.39, 0.29) is 5.88 Å². The predicted octanol–water partition coefficient (Wildman–Crippen LogP) is 2.26. The number of pyridine rings is 1. The zero-order valence-corrected chi connectivity index (χ0v) is 9.18. The van der Waals surface area contributed by atoms with Gasteiger partial charge in [0, 0.05) is 24.4 Å². The smallest absolute Gasteiger partial charge is 0.210 e. The summed E-state index contributed by atoms with van der Waals surface area (Å²) in [6, 6.07) is 9.40. The Morgan fingerprint density at radius 1 is 1.18 bits per heavy atom. The first kappa shape index (κ1) is 9.96. The minimum absolute atomic E-state index is 0.0321. The van der Waals surface area contributed by atoms with Crippen LogP contribution in [0.3, 0.4) is 0 Å². The van der Waals surface area contributed by atoms with Crippen LogP contribution in [-0.4, -0.2) is 23.2 Å². The van der Waals surface area contributed by atoms with Crippen molar-refractivity contribution in [2.24, 2.45) is 0 Å². The number of anilines is 1. The molecule has 0 saturated carbocycles. The van der Waals surface area contributed by atoms with Crippen molar-refractivity contribution in [3.05, 3.63) is 36.5 Å². The average molecular weight is 228 g/mol. The van der Waals surface area contributed by atoms with Crippen molar-refractivity contribution in [2.45, 2.75) is 0 Å². The lowest BCUT2D eigenvalue weighted by atomic mass is 10.1. The van der Waals surface area contributed by atoms with Gasteiger partial charge in [-0.2, -0.15) is 0 Å². The van der Waals surface area contributed by atoms with Crippen molar-refractivity contribution in [2.75, 3.05) is 18.5 Å². The second-order valence-electron chi connectivity index (χ2n) is 3.89. The molecular formula is C13H12N2O2. The molecule has 4 nitrogen and oxygen atoms in total. The summed E-state index contributed by atoms with van der Waals surface area (Å²) in [5, 5.41) is 12.4. The molecule has 0 bridgehead atoms. The van der Waals surface area contributed by atoms with Crippen molar-refractivity contribution < 1.29 is 9.84 Å². The number of ether oxygens (including phenoxy) is 1. The number of hydrogen-bond donors (Lipinski definition) is 2. The number of benzene rings is 1. The zero-order chi connectivity index (χ0) is 11.7. The monoisotopic (exact) mass is 228 g/mol. The second kappa shape index (κ2) is 3.97. The zero-order valence-electron chi connectivity index (χ0n) is 9.18. The first-order valence-corrected chi connectivity index (χ1v) is 5.49. The Labute approximate surface area is 98.9 Å². The summed E-state index contributed by atoms with van der Waals surface area (Å²) in [5.74, 6) is 0.895. The lowest BCUT2D eigenvalue weighted by Gasteiger charge is -2.19. The van der Waals surface area contributed by atoms with Crippen LogP contribution >= 0.6 is 0 Å². The fourth-order valence-electron chi connectivity index (χ4n) is 1.87. The van der Waals surface area contributed by atoms with Gasteiger partial charge in [-0.05, 0) is 23.8 Å². The van der Waals surface area contributed by atoms with Crippen molar-refractivity contribution >= 4 is 5.69 Å². The summed E-state index contributed by atoms with van der Waals surface area (Å²) in [4.78, 5) is 3.87. The van der Waals surface area contributed by atoms with E-state index in [0.717, 1.165) is 29.1 Å². The van der Waals surface area contributed by atoms with Crippen LogP contribution in [0.4, 0.5) is 5.69 Å². The topological polar surface area (TPSA) is 54.4 Å². The Kier molecular flexibility index (Phi) is 2.33. The number of aromatic nitrogens is 1. The third-order valence-corrected chi connectivity index (χ3v) is 2.74. The summed E-state index contributed by atoms with van der Waals surface area (Å²) in [7, 11) is 0. The minimum atomic E-state index is 0.0321. The number of nitrogens with one attached hydrogen (secondary N) is 1. The maximum atomic E-state index is 9.15. The van der Waals surface area contributed by atoms with Gasteiger partial charge in [-0.25, -0.2) is 4.98 Å². The third kappa shape index (κ3) is 1.89. The molecule has 0 fully saturated rings. The summed E-state index contributed by atoms with van der Waals surface area (Å²) in [5.41, 5.74) is 3.01. The SMILES string of the molecule is Oc1ccc(-c2ccc3c(c2)OCCN3)cn1. The van der Waals surface area contributed by atoms with Gasteiger partial charge >= 0.3 is 0 Å². The molecule has 4 heteroatoms. The van der Waals surface area contributed by atoms with Crippen LogP contribution in [0.1, 0.15) is 0 Å². The van der Waals surface area contributed by atoms with Crippen LogP contribution in [-0.2, 0) is 0 Å². The van der Waals surface area contributed by atoms with E-state index in [4.69, 9.17) is 9.84 Å². The van der Waals surface area contributed by atoms with E-state index in [0.29, 0.717) is 6.61 Å². The summed E-state index contributed by atoms with van der Waals surface area (Å²) in [6.45, 7) is 1.53. The van der Waals surface area contributed by atoms with Crippen LogP contribution in [0.2, 0.25) is 0 Å². The van der Waals surface area contributed by atoms with E-state index in [1.807, 2.05) is 24.3 Å². The number of fused-ring (bicyclic) bond motifs is 1. The molecule has 2 heterocycles. The van der Waals surface area contributed by atoms with Gasteiger partial charge in [-0.15, -0.1) is 0 Å². The highest BCUT2D eigenvalue weighted by Gasteiger charge is 2.10.